The molecule has 0 N–H and O–H groups in total. The molecule has 1 aromatic heterocycles. The number of benzene rings is 1. The molecular formula is C24H30N2O3S. The Labute approximate surface area is 182 Å². The van der Waals surface area contributed by atoms with Crippen molar-refractivity contribution in [2.24, 2.45) is 0 Å². The second-order valence-electron chi connectivity index (χ2n) is 8.34. The number of nitrogens with zero attached hydrogens (tertiary/aromatic N) is 2. The van der Waals surface area contributed by atoms with Crippen LogP contribution in [0.5, 0.6) is 5.75 Å². The first kappa shape index (κ1) is 20.9. The van der Waals surface area contributed by atoms with Gasteiger partial charge >= 0.3 is 0 Å². The van der Waals surface area contributed by atoms with Crippen molar-refractivity contribution in [3.05, 3.63) is 51.2 Å². The molecule has 2 aliphatic rings. The molecule has 1 aliphatic heterocycles. The normalized spacial score (nSPS) is 18.1. The third-order valence-corrected chi connectivity index (χ3v) is 7.05. The molecule has 2 aromatic rings. The summed E-state index contributed by atoms with van der Waals surface area (Å²) in [5, 5.41) is 2.10. The summed E-state index contributed by atoms with van der Waals surface area (Å²) in [5.41, 5.74) is 3.49. The summed E-state index contributed by atoms with van der Waals surface area (Å²) in [6.45, 7) is 7.25. The van der Waals surface area contributed by atoms with Crippen molar-refractivity contribution in [2.45, 2.75) is 58.5 Å². The van der Waals surface area contributed by atoms with Crippen molar-refractivity contribution in [1.82, 2.24) is 9.80 Å². The summed E-state index contributed by atoms with van der Waals surface area (Å²) in [6, 6.07) is 8.40. The molecule has 1 fully saturated rings. The van der Waals surface area contributed by atoms with E-state index in [0.29, 0.717) is 19.6 Å². The second kappa shape index (κ2) is 8.80. The van der Waals surface area contributed by atoms with Crippen molar-refractivity contribution < 1.29 is 14.3 Å². The van der Waals surface area contributed by atoms with E-state index in [9.17, 15) is 9.59 Å². The monoisotopic (exact) mass is 426 g/mol. The Balaban J connectivity index is 1.52. The van der Waals surface area contributed by atoms with Crippen molar-refractivity contribution in [1.29, 1.82) is 0 Å². The second-order valence-corrected chi connectivity index (χ2v) is 9.34. The van der Waals surface area contributed by atoms with Gasteiger partial charge < -0.3 is 14.5 Å². The smallest absolute Gasteiger partial charge is 0.242 e. The van der Waals surface area contributed by atoms with E-state index in [0.717, 1.165) is 30.6 Å². The third kappa shape index (κ3) is 4.38. The summed E-state index contributed by atoms with van der Waals surface area (Å²) < 4.78 is 6.20. The number of rotatable bonds is 7. The molecule has 1 saturated carbocycles. The number of fused-ring (bicyclic) bond motifs is 1. The fraction of sp³-hybridized carbons (Fsp3) is 0.500. The topological polar surface area (TPSA) is 49.9 Å². The molecule has 1 unspecified atom stereocenters. The number of thiophene rings is 1. The Hall–Kier alpha value is -2.34. The van der Waals surface area contributed by atoms with Gasteiger partial charge in [-0.25, -0.2) is 0 Å². The lowest BCUT2D eigenvalue weighted by atomic mass is 10.00. The molecule has 2 heterocycles. The van der Waals surface area contributed by atoms with Gasteiger partial charge in [0.25, 0.3) is 0 Å². The van der Waals surface area contributed by atoms with Crippen molar-refractivity contribution >= 4 is 23.2 Å². The summed E-state index contributed by atoms with van der Waals surface area (Å²) in [5.74, 6) is 0.952. The Morgan fingerprint density at radius 1 is 1.23 bits per heavy atom. The van der Waals surface area contributed by atoms with E-state index in [1.165, 1.54) is 16.0 Å². The van der Waals surface area contributed by atoms with Crippen LogP contribution in [0.1, 0.15) is 53.8 Å². The Kier molecular flexibility index (Phi) is 6.14. The number of hydrogen-bond acceptors (Lipinski definition) is 4. The van der Waals surface area contributed by atoms with E-state index in [1.54, 1.807) is 16.2 Å². The fourth-order valence-corrected chi connectivity index (χ4v) is 5.18. The number of hydrogen-bond donors (Lipinski definition) is 0. The molecule has 0 spiro atoms. The largest absolute Gasteiger partial charge is 0.491 e. The van der Waals surface area contributed by atoms with Crippen LogP contribution >= 0.6 is 11.3 Å². The van der Waals surface area contributed by atoms with Gasteiger partial charge in [-0.3, -0.25) is 9.59 Å². The molecule has 5 nitrogen and oxygen atoms in total. The number of ether oxygens (including phenoxy) is 1. The Morgan fingerprint density at radius 3 is 2.73 bits per heavy atom. The minimum atomic E-state index is -0.119. The molecule has 30 heavy (non-hydrogen) atoms. The van der Waals surface area contributed by atoms with Crippen molar-refractivity contribution in [3.8, 4) is 5.75 Å². The van der Waals surface area contributed by atoms with Gasteiger partial charge in [0, 0.05) is 23.9 Å². The molecule has 0 radical (unpaired) electrons. The number of carbonyl (C=O) groups is 2. The number of aryl methyl sites for hydroxylation is 2. The van der Waals surface area contributed by atoms with Gasteiger partial charge in [0.1, 0.15) is 18.9 Å². The van der Waals surface area contributed by atoms with Gasteiger partial charge in [0.05, 0.1) is 6.04 Å². The highest BCUT2D eigenvalue weighted by Gasteiger charge is 2.37. The molecule has 160 valence electrons. The number of carbonyl (C=O) groups excluding carboxylic acids is 2. The lowest BCUT2D eigenvalue weighted by Gasteiger charge is -2.37. The lowest BCUT2D eigenvalue weighted by molar-refractivity contribution is -0.143. The van der Waals surface area contributed by atoms with E-state index < -0.39 is 0 Å². The highest BCUT2D eigenvalue weighted by Crippen LogP contribution is 2.35. The SMILES string of the molecule is CCC(=O)N(CC(=O)N1CCc2sccc2C1COc1ccc(C)cc1C)C1CC1. The third-order valence-electron chi connectivity index (χ3n) is 6.06. The van der Waals surface area contributed by atoms with Crippen LogP contribution in [-0.2, 0) is 16.0 Å². The first-order valence-corrected chi connectivity index (χ1v) is 11.7. The molecule has 1 aliphatic carbocycles. The van der Waals surface area contributed by atoms with Gasteiger partial charge in [0.2, 0.25) is 11.8 Å². The van der Waals surface area contributed by atoms with Gasteiger partial charge in [0.15, 0.2) is 0 Å². The van der Waals surface area contributed by atoms with E-state index in [2.05, 4.69) is 24.4 Å². The standard InChI is InChI=1S/C24H30N2O3S/c1-4-23(27)26(18-6-7-18)14-24(28)25-11-9-22-19(10-12-30-22)20(25)15-29-21-8-5-16(2)13-17(21)3/h5,8,10,12-13,18,20H,4,6-7,9,11,14-15H2,1-3H3. The first-order valence-electron chi connectivity index (χ1n) is 10.8. The minimum absolute atomic E-state index is 0.0229. The maximum absolute atomic E-state index is 13.3. The summed E-state index contributed by atoms with van der Waals surface area (Å²) in [6.07, 6.45) is 3.32. The van der Waals surface area contributed by atoms with Gasteiger partial charge in [-0.05, 0) is 61.7 Å². The maximum Gasteiger partial charge on any atom is 0.242 e. The van der Waals surface area contributed by atoms with Crippen LogP contribution < -0.4 is 4.74 Å². The molecule has 2 amide bonds. The highest BCUT2D eigenvalue weighted by molar-refractivity contribution is 7.10. The van der Waals surface area contributed by atoms with Crippen LogP contribution in [0.25, 0.3) is 0 Å². The average molecular weight is 427 g/mol. The molecule has 1 aromatic carbocycles. The fourth-order valence-electron chi connectivity index (χ4n) is 4.25. The van der Waals surface area contributed by atoms with Crippen LogP contribution in [0.4, 0.5) is 0 Å². The van der Waals surface area contributed by atoms with Crippen molar-refractivity contribution in [2.75, 3.05) is 19.7 Å². The minimum Gasteiger partial charge on any atom is -0.491 e. The molecule has 1 atom stereocenters. The highest BCUT2D eigenvalue weighted by atomic mass is 32.1. The van der Waals surface area contributed by atoms with Crippen LogP contribution in [0.3, 0.4) is 0 Å². The van der Waals surface area contributed by atoms with Crippen LogP contribution in [0, 0.1) is 13.8 Å². The zero-order chi connectivity index (χ0) is 21.3. The van der Waals surface area contributed by atoms with Crippen LogP contribution in [0.15, 0.2) is 29.6 Å². The molecule has 0 saturated heterocycles. The van der Waals surface area contributed by atoms with Gasteiger partial charge in [-0.1, -0.05) is 24.6 Å². The van der Waals surface area contributed by atoms with E-state index in [4.69, 9.17) is 4.74 Å². The maximum atomic E-state index is 13.3. The molecule has 4 rings (SSSR count). The molecular weight excluding hydrogens is 396 g/mol. The zero-order valence-corrected chi connectivity index (χ0v) is 18.8. The quantitative estimate of drug-likeness (QED) is 0.664. The predicted octanol–water partition coefficient (Wildman–Crippen LogP) is 4.27. The summed E-state index contributed by atoms with van der Waals surface area (Å²) in [4.78, 5) is 30.7. The van der Waals surface area contributed by atoms with Crippen molar-refractivity contribution in [3.63, 3.8) is 0 Å². The van der Waals surface area contributed by atoms with Gasteiger partial charge in [-0.2, -0.15) is 0 Å². The van der Waals surface area contributed by atoms with E-state index in [-0.39, 0.29) is 30.4 Å². The zero-order valence-electron chi connectivity index (χ0n) is 18.0. The summed E-state index contributed by atoms with van der Waals surface area (Å²) in [7, 11) is 0. The van der Waals surface area contributed by atoms with E-state index >= 15 is 0 Å². The lowest BCUT2D eigenvalue weighted by Crippen LogP contribution is -2.48. The van der Waals surface area contributed by atoms with Gasteiger partial charge in [-0.15, -0.1) is 11.3 Å². The van der Waals surface area contributed by atoms with E-state index in [1.807, 2.05) is 30.9 Å². The average Bonchev–Trinajstić information content (AvgIpc) is 3.46. The van der Waals surface area contributed by atoms with Crippen LogP contribution in [-0.4, -0.2) is 47.4 Å². The Morgan fingerprint density at radius 2 is 2.03 bits per heavy atom. The van der Waals surface area contributed by atoms with Crippen LogP contribution in [0.2, 0.25) is 0 Å². The predicted molar refractivity (Wildman–Crippen MR) is 119 cm³/mol. The molecule has 0 bridgehead atoms. The first-order chi connectivity index (χ1) is 14.5. The Bertz CT molecular complexity index is 934. The summed E-state index contributed by atoms with van der Waals surface area (Å²) >= 11 is 1.75. The number of amides is 2. The molecule has 6 heteroatoms.